The first-order chi connectivity index (χ1) is 9.60. The van der Waals surface area contributed by atoms with E-state index in [2.05, 4.69) is 33.9 Å². The van der Waals surface area contributed by atoms with Gasteiger partial charge in [-0.15, -0.1) is 0 Å². The Bertz CT molecular complexity index is 367. The standard InChI is InChI=1S/C16H35BO4Si/c1-14(2,3)22(8,9)20-13-11-10-12-17(19)21-16(6,7)15(4,5)18/h10,12,18-19H,11,13H2,1-9H3/b12-10+. The van der Waals surface area contributed by atoms with Crippen molar-refractivity contribution in [2.45, 2.75) is 84.2 Å². The van der Waals surface area contributed by atoms with E-state index in [1.165, 1.54) is 0 Å². The van der Waals surface area contributed by atoms with Crippen LogP contribution in [0.5, 0.6) is 0 Å². The molecule has 0 aromatic heterocycles. The van der Waals surface area contributed by atoms with E-state index in [0.29, 0.717) is 6.61 Å². The Balaban J connectivity index is 4.26. The summed E-state index contributed by atoms with van der Waals surface area (Å²) in [7, 11) is -2.74. The summed E-state index contributed by atoms with van der Waals surface area (Å²) < 4.78 is 11.5. The Morgan fingerprint density at radius 2 is 1.55 bits per heavy atom. The minimum Gasteiger partial charge on any atom is -0.423 e. The lowest BCUT2D eigenvalue weighted by Crippen LogP contribution is -2.50. The lowest BCUT2D eigenvalue weighted by atomic mass is 9.83. The molecule has 0 amide bonds. The molecule has 0 saturated heterocycles. The van der Waals surface area contributed by atoms with Gasteiger partial charge < -0.3 is 19.2 Å². The fourth-order valence-electron chi connectivity index (χ4n) is 1.30. The van der Waals surface area contributed by atoms with E-state index < -0.39 is 26.6 Å². The normalized spacial score (nSPS) is 14.7. The number of hydrogen-bond acceptors (Lipinski definition) is 4. The molecule has 0 saturated carbocycles. The summed E-state index contributed by atoms with van der Waals surface area (Å²) in [6.07, 6.45) is 2.59. The minimum absolute atomic E-state index is 0.204. The molecular formula is C16H35BO4Si. The van der Waals surface area contributed by atoms with Gasteiger partial charge in [0.25, 0.3) is 0 Å². The second-order valence-corrected chi connectivity index (χ2v) is 13.2. The van der Waals surface area contributed by atoms with Crippen LogP contribution in [0.25, 0.3) is 0 Å². The van der Waals surface area contributed by atoms with Crippen LogP contribution in [0, 0.1) is 0 Å². The summed E-state index contributed by atoms with van der Waals surface area (Å²) in [5, 5.41) is 20.1. The number of hydrogen-bond donors (Lipinski definition) is 2. The van der Waals surface area contributed by atoms with Gasteiger partial charge in [0.15, 0.2) is 8.32 Å². The molecule has 2 N–H and O–H groups in total. The van der Waals surface area contributed by atoms with Gasteiger partial charge in [0.1, 0.15) is 0 Å². The third kappa shape index (κ3) is 6.96. The van der Waals surface area contributed by atoms with Crippen molar-refractivity contribution in [2.24, 2.45) is 0 Å². The van der Waals surface area contributed by atoms with Gasteiger partial charge in [-0.2, -0.15) is 0 Å². The second kappa shape index (κ2) is 7.62. The molecule has 0 aliphatic carbocycles. The van der Waals surface area contributed by atoms with Crippen LogP contribution < -0.4 is 0 Å². The van der Waals surface area contributed by atoms with E-state index in [4.69, 9.17) is 9.08 Å². The van der Waals surface area contributed by atoms with Gasteiger partial charge in [-0.25, -0.2) is 0 Å². The van der Waals surface area contributed by atoms with Gasteiger partial charge in [0.05, 0.1) is 11.2 Å². The molecular weight excluding hydrogens is 295 g/mol. The van der Waals surface area contributed by atoms with E-state index in [1.807, 2.05) is 6.08 Å². The maximum Gasteiger partial charge on any atom is 0.483 e. The number of rotatable bonds is 8. The Hall–Kier alpha value is -0.138. The highest BCUT2D eigenvalue weighted by molar-refractivity contribution is 6.74. The molecule has 0 radical (unpaired) electrons. The zero-order valence-electron chi connectivity index (χ0n) is 15.9. The van der Waals surface area contributed by atoms with Crippen LogP contribution in [-0.2, 0) is 9.08 Å². The average Bonchev–Trinajstić information content (AvgIpc) is 2.24. The quantitative estimate of drug-likeness (QED) is 0.528. The third-order valence-corrected chi connectivity index (χ3v) is 9.28. The van der Waals surface area contributed by atoms with Crippen molar-refractivity contribution >= 4 is 15.4 Å². The SMILES string of the molecule is CC(C)(O)C(C)(C)OB(O)/C=C/CCO[Si](C)(C)C(C)(C)C. The molecule has 22 heavy (non-hydrogen) atoms. The van der Waals surface area contributed by atoms with E-state index in [0.717, 1.165) is 6.42 Å². The molecule has 0 heterocycles. The van der Waals surface area contributed by atoms with Gasteiger partial charge >= 0.3 is 7.12 Å². The molecule has 0 aliphatic heterocycles. The van der Waals surface area contributed by atoms with E-state index in [-0.39, 0.29) is 5.04 Å². The lowest BCUT2D eigenvalue weighted by molar-refractivity contribution is -0.0984. The van der Waals surface area contributed by atoms with Crippen molar-refractivity contribution in [1.82, 2.24) is 0 Å². The number of aliphatic hydroxyl groups is 1. The molecule has 0 spiro atoms. The maximum absolute atomic E-state index is 9.99. The van der Waals surface area contributed by atoms with Crippen LogP contribution in [0.2, 0.25) is 18.1 Å². The molecule has 0 bridgehead atoms. The lowest BCUT2D eigenvalue weighted by Gasteiger charge is -2.38. The average molecular weight is 330 g/mol. The third-order valence-electron chi connectivity index (χ3n) is 4.74. The van der Waals surface area contributed by atoms with Gasteiger partial charge in [-0.05, 0) is 52.2 Å². The highest BCUT2D eigenvalue weighted by Gasteiger charge is 2.38. The molecule has 0 unspecified atom stereocenters. The summed E-state index contributed by atoms with van der Waals surface area (Å²) in [6.45, 7) is 18.6. The van der Waals surface area contributed by atoms with Crippen molar-refractivity contribution in [3.8, 4) is 0 Å². The molecule has 0 aromatic rings. The predicted molar refractivity (Wildman–Crippen MR) is 96.3 cm³/mol. The van der Waals surface area contributed by atoms with Crippen molar-refractivity contribution in [3.05, 3.63) is 12.1 Å². The Kier molecular flexibility index (Phi) is 7.57. The minimum atomic E-state index is -1.71. The molecule has 6 heteroatoms. The molecule has 0 atom stereocenters. The van der Waals surface area contributed by atoms with Crippen molar-refractivity contribution in [1.29, 1.82) is 0 Å². The van der Waals surface area contributed by atoms with E-state index in [9.17, 15) is 10.1 Å². The Morgan fingerprint density at radius 1 is 1.05 bits per heavy atom. The summed E-state index contributed by atoms with van der Waals surface area (Å²) in [5.41, 5.74) is -1.87. The second-order valence-electron chi connectivity index (χ2n) is 8.40. The zero-order valence-corrected chi connectivity index (χ0v) is 16.9. The topological polar surface area (TPSA) is 58.9 Å². The van der Waals surface area contributed by atoms with Crippen LogP contribution in [0.1, 0.15) is 54.9 Å². The first-order valence-electron chi connectivity index (χ1n) is 7.99. The highest BCUT2D eigenvalue weighted by Crippen LogP contribution is 2.36. The maximum atomic E-state index is 9.99. The van der Waals surface area contributed by atoms with Crippen molar-refractivity contribution < 1.29 is 19.2 Å². The summed E-state index contributed by atoms with van der Waals surface area (Å²) in [5.74, 6) is 1.60. The van der Waals surface area contributed by atoms with Crippen LogP contribution in [0.15, 0.2) is 12.1 Å². The van der Waals surface area contributed by atoms with E-state index >= 15 is 0 Å². The smallest absolute Gasteiger partial charge is 0.423 e. The first kappa shape index (κ1) is 21.9. The summed E-state index contributed by atoms with van der Waals surface area (Å²) in [6, 6.07) is 0. The fourth-order valence-corrected chi connectivity index (χ4v) is 2.36. The Labute approximate surface area is 138 Å². The molecule has 0 aliphatic rings. The summed E-state index contributed by atoms with van der Waals surface area (Å²) in [4.78, 5) is 0. The Morgan fingerprint density at radius 3 is 1.95 bits per heavy atom. The van der Waals surface area contributed by atoms with Gasteiger partial charge in [-0.3, -0.25) is 0 Å². The van der Waals surface area contributed by atoms with Gasteiger partial charge in [0.2, 0.25) is 0 Å². The fraction of sp³-hybridized carbons (Fsp3) is 0.875. The largest absolute Gasteiger partial charge is 0.483 e. The molecule has 0 fully saturated rings. The highest BCUT2D eigenvalue weighted by atomic mass is 28.4. The zero-order chi connectivity index (χ0) is 17.8. The molecule has 4 nitrogen and oxygen atoms in total. The van der Waals surface area contributed by atoms with Crippen LogP contribution in [0.3, 0.4) is 0 Å². The van der Waals surface area contributed by atoms with Crippen LogP contribution >= 0.6 is 0 Å². The van der Waals surface area contributed by atoms with Gasteiger partial charge in [-0.1, -0.05) is 32.8 Å². The monoisotopic (exact) mass is 330 g/mol. The van der Waals surface area contributed by atoms with Gasteiger partial charge in [0, 0.05) is 6.61 Å². The first-order valence-corrected chi connectivity index (χ1v) is 10.9. The van der Waals surface area contributed by atoms with Crippen LogP contribution in [-0.4, -0.2) is 43.4 Å². The molecule has 0 rings (SSSR count). The van der Waals surface area contributed by atoms with Crippen LogP contribution in [0.4, 0.5) is 0 Å². The van der Waals surface area contributed by atoms with E-state index in [1.54, 1.807) is 33.7 Å². The molecule has 130 valence electrons. The molecule has 0 aromatic carbocycles. The predicted octanol–water partition coefficient (Wildman–Crippen LogP) is 3.54. The van der Waals surface area contributed by atoms with Crippen molar-refractivity contribution in [2.75, 3.05) is 6.61 Å². The summed E-state index contributed by atoms with van der Waals surface area (Å²) >= 11 is 0. The van der Waals surface area contributed by atoms with Crippen molar-refractivity contribution in [3.63, 3.8) is 0 Å².